The number of hydrogen-bond donors (Lipinski definition) is 0. The average molecular weight is 508 g/mol. The van der Waals surface area contributed by atoms with Gasteiger partial charge < -0.3 is 4.74 Å². The number of ether oxygens (including phenoxy) is 1. The number of allylic oxidation sites excluding steroid dienone is 1. The fraction of sp³-hybridized carbons (Fsp3) is 0.107. The Morgan fingerprint density at radius 3 is 2.34 bits per heavy atom. The highest BCUT2D eigenvalue weighted by atomic mass is 79.9. The zero-order valence-electron chi connectivity index (χ0n) is 17.9. The molecule has 0 bridgehead atoms. The third kappa shape index (κ3) is 6.81. The molecule has 0 aliphatic rings. The monoisotopic (exact) mass is 506 g/mol. The molecule has 0 heterocycles. The predicted octanol–water partition coefficient (Wildman–Crippen LogP) is 7.93. The molecule has 3 aromatic rings. The highest BCUT2D eigenvalue weighted by Gasteiger charge is 2.18. The summed E-state index contributed by atoms with van der Waals surface area (Å²) in [6, 6.07) is 25.5. The van der Waals surface area contributed by atoms with Crippen LogP contribution in [0.5, 0.6) is 0 Å². The molecule has 0 saturated carbocycles. The SMILES string of the molecule is C=C(/C(=C/c1ccc(Br)cc1)C(=O)OCC)/C(=C/c1cccc(Cl)c1)Cc1ccccc1. The lowest BCUT2D eigenvalue weighted by atomic mass is 9.91. The first kappa shape index (κ1) is 23.8. The Morgan fingerprint density at radius 2 is 1.69 bits per heavy atom. The Morgan fingerprint density at radius 1 is 0.969 bits per heavy atom. The van der Waals surface area contributed by atoms with Crippen molar-refractivity contribution in [3.05, 3.63) is 128 Å². The molecule has 3 aromatic carbocycles. The van der Waals surface area contributed by atoms with Crippen LogP contribution in [0.1, 0.15) is 23.6 Å². The summed E-state index contributed by atoms with van der Waals surface area (Å²) in [5, 5.41) is 0.652. The maximum absolute atomic E-state index is 12.9. The molecule has 32 heavy (non-hydrogen) atoms. The molecule has 2 nitrogen and oxygen atoms in total. The Balaban J connectivity index is 2.07. The van der Waals surface area contributed by atoms with Crippen LogP contribution >= 0.6 is 27.5 Å². The van der Waals surface area contributed by atoms with Crippen molar-refractivity contribution in [1.29, 1.82) is 0 Å². The second-order valence-corrected chi connectivity index (χ2v) is 8.55. The number of benzene rings is 3. The first-order valence-electron chi connectivity index (χ1n) is 10.3. The zero-order valence-corrected chi connectivity index (χ0v) is 20.2. The van der Waals surface area contributed by atoms with Crippen LogP contribution in [-0.4, -0.2) is 12.6 Å². The molecule has 0 unspecified atom stereocenters. The molecule has 0 radical (unpaired) electrons. The van der Waals surface area contributed by atoms with Gasteiger partial charge in [0, 0.05) is 9.50 Å². The fourth-order valence-corrected chi connectivity index (χ4v) is 3.70. The summed E-state index contributed by atoms with van der Waals surface area (Å²) in [5.41, 5.74) is 4.91. The van der Waals surface area contributed by atoms with Crippen molar-refractivity contribution in [2.45, 2.75) is 13.3 Å². The first-order chi connectivity index (χ1) is 15.5. The summed E-state index contributed by atoms with van der Waals surface area (Å²) in [5.74, 6) is -0.398. The van der Waals surface area contributed by atoms with Crippen LogP contribution in [0.15, 0.2) is 107 Å². The van der Waals surface area contributed by atoms with Gasteiger partial charge >= 0.3 is 5.97 Å². The van der Waals surface area contributed by atoms with Crippen molar-refractivity contribution in [3.63, 3.8) is 0 Å². The molecule has 0 fully saturated rings. The molecule has 0 spiro atoms. The van der Waals surface area contributed by atoms with Gasteiger partial charge in [0.15, 0.2) is 0 Å². The topological polar surface area (TPSA) is 26.3 Å². The van der Waals surface area contributed by atoms with E-state index in [0.29, 0.717) is 22.6 Å². The number of hydrogen-bond acceptors (Lipinski definition) is 2. The molecule has 4 heteroatoms. The van der Waals surface area contributed by atoms with Gasteiger partial charge in [-0.05, 0) is 71.5 Å². The summed E-state index contributed by atoms with van der Waals surface area (Å²) in [6.45, 7) is 6.39. The number of carbonyl (C=O) groups is 1. The highest BCUT2D eigenvalue weighted by molar-refractivity contribution is 9.10. The molecule has 0 amide bonds. The summed E-state index contributed by atoms with van der Waals surface area (Å²) < 4.78 is 6.33. The maximum Gasteiger partial charge on any atom is 0.338 e. The average Bonchev–Trinajstić information content (AvgIpc) is 2.79. The van der Waals surface area contributed by atoms with Gasteiger partial charge in [0.05, 0.1) is 12.2 Å². The van der Waals surface area contributed by atoms with Gasteiger partial charge in [-0.25, -0.2) is 4.79 Å². The summed E-state index contributed by atoms with van der Waals surface area (Å²) in [4.78, 5) is 12.9. The van der Waals surface area contributed by atoms with Crippen molar-refractivity contribution in [1.82, 2.24) is 0 Å². The largest absolute Gasteiger partial charge is 0.462 e. The normalized spacial score (nSPS) is 11.8. The Bertz CT molecular complexity index is 1150. The van der Waals surface area contributed by atoms with E-state index in [4.69, 9.17) is 16.3 Å². The van der Waals surface area contributed by atoms with Crippen LogP contribution in [-0.2, 0) is 16.0 Å². The predicted molar refractivity (Wildman–Crippen MR) is 137 cm³/mol. The van der Waals surface area contributed by atoms with E-state index in [9.17, 15) is 4.79 Å². The lowest BCUT2D eigenvalue weighted by molar-refractivity contribution is -0.138. The van der Waals surface area contributed by atoms with Gasteiger partial charge in [-0.15, -0.1) is 0 Å². The molecule has 0 atom stereocenters. The van der Waals surface area contributed by atoms with E-state index >= 15 is 0 Å². The Labute approximate surface area is 203 Å². The minimum absolute atomic E-state index is 0.288. The van der Waals surface area contributed by atoms with Gasteiger partial charge in [-0.1, -0.05) is 94.8 Å². The van der Waals surface area contributed by atoms with E-state index in [1.54, 1.807) is 6.92 Å². The van der Waals surface area contributed by atoms with Crippen molar-refractivity contribution in [3.8, 4) is 0 Å². The minimum atomic E-state index is -0.398. The molecule has 0 aliphatic carbocycles. The van der Waals surface area contributed by atoms with Crippen LogP contribution in [0.3, 0.4) is 0 Å². The van der Waals surface area contributed by atoms with Crippen LogP contribution < -0.4 is 0 Å². The second kappa shape index (κ2) is 11.7. The quantitative estimate of drug-likeness (QED) is 0.176. The lowest BCUT2D eigenvalue weighted by Gasteiger charge is -2.15. The number of esters is 1. The van der Waals surface area contributed by atoms with E-state index in [1.165, 1.54) is 0 Å². The molecule has 0 N–H and O–H groups in total. The van der Waals surface area contributed by atoms with E-state index in [2.05, 4.69) is 34.6 Å². The molecule has 0 aromatic heterocycles. The van der Waals surface area contributed by atoms with Crippen molar-refractivity contribution >= 4 is 45.7 Å². The van der Waals surface area contributed by atoms with Gasteiger partial charge in [-0.2, -0.15) is 0 Å². The van der Waals surface area contributed by atoms with Crippen molar-refractivity contribution in [2.24, 2.45) is 0 Å². The van der Waals surface area contributed by atoms with Crippen LogP contribution in [0.4, 0.5) is 0 Å². The van der Waals surface area contributed by atoms with E-state index in [1.807, 2.05) is 78.9 Å². The van der Waals surface area contributed by atoms with Crippen molar-refractivity contribution in [2.75, 3.05) is 6.61 Å². The van der Waals surface area contributed by atoms with Gasteiger partial charge in [0.25, 0.3) is 0 Å². The fourth-order valence-electron chi connectivity index (χ4n) is 3.23. The summed E-state index contributed by atoms with van der Waals surface area (Å²) in [6.07, 6.45) is 4.46. The van der Waals surface area contributed by atoms with Crippen molar-refractivity contribution < 1.29 is 9.53 Å². The number of halogens is 2. The third-order valence-electron chi connectivity index (χ3n) is 4.82. The lowest BCUT2D eigenvalue weighted by Crippen LogP contribution is -2.11. The van der Waals surface area contributed by atoms with Gasteiger partial charge in [0.2, 0.25) is 0 Å². The Hall–Kier alpha value is -2.88. The zero-order chi connectivity index (χ0) is 22.9. The van der Waals surface area contributed by atoms with Gasteiger partial charge in [0.1, 0.15) is 0 Å². The standard InChI is InChI=1S/C28H24BrClO2/c1-3-32-28(31)27(19-22-12-14-25(29)15-13-22)20(2)24(16-21-8-5-4-6-9-21)17-23-10-7-11-26(30)18-23/h4-15,17-19H,2-3,16H2,1H3/b24-17+,27-19-. The van der Waals surface area contributed by atoms with E-state index in [-0.39, 0.29) is 6.61 Å². The Kier molecular flexibility index (Phi) is 8.66. The molecule has 162 valence electrons. The summed E-state index contributed by atoms with van der Waals surface area (Å²) in [7, 11) is 0. The third-order valence-corrected chi connectivity index (χ3v) is 5.58. The van der Waals surface area contributed by atoms with Crippen LogP contribution in [0.2, 0.25) is 5.02 Å². The molecule has 0 aliphatic heterocycles. The first-order valence-corrected chi connectivity index (χ1v) is 11.5. The molecular weight excluding hydrogens is 484 g/mol. The van der Waals surface area contributed by atoms with E-state index in [0.717, 1.165) is 26.7 Å². The summed E-state index contributed by atoms with van der Waals surface area (Å²) >= 11 is 9.65. The molecular formula is C28H24BrClO2. The van der Waals surface area contributed by atoms with Crippen LogP contribution in [0, 0.1) is 0 Å². The number of rotatable bonds is 8. The smallest absolute Gasteiger partial charge is 0.338 e. The maximum atomic E-state index is 12.9. The highest BCUT2D eigenvalue weighted by Crippen LogP contribution is 2.28. The minimum Gasteiger partial charge on any atom is -0.462 e. The van der Waals surface area contributed by atoms with Gasteiger partial charge in [-0.3, -0.25) is 0 Å². The number of carbonyl (C=O) groups excluding carboxylic acids is 1. The van der Waals surface area contributed by atoms with E-state index < -0.39 is 5.97 Å². The molecule has 0 saturated heterocycles. The molecule has 3 rings (SSSR count). The second-order valence-electron chi connectivity index (χ2n) is 7.20. The van der Waals surface area contributed by atoms with Crippen LogP contribution in [0.25, 0.3) is 12.2 Å².